The molecule has 1 fully saturated rings. The van der Waals surface area contributed by atoms with Gasteiger partial charge >= 0.3 is 0 Å². The lowest BCUT2D eigenvalue weighted by molar-refractivity contribution is -0.141. The number of nitrogens with zero attached hydrogens (tertiary/aromatic N) is 1. The Labute approximate surface area is 135 Å². The molecule has 1 aromatic rings. The fourth-order valence-corrected chi connectivity index (χ4v) is 3.96. The van der Waals surface area contributed by atoms with Crippen LogP contribution in [0.25, 0.3) is 0 Å². The average molecular weight is 339 g/mol. The molecule has 1 saturated heterocycles. The molecule has 1 aromatic heterocycles. The Hall–Kier alpha value is -1.96. The Morgan fingerprint density at radius 3 is 2.65 bits per heavy atom. The van der Waals surface area contributed by atoms with Crippen LogP contribution in [-0.4, -0.2) is 42.8 Å². The lowest BCUT2D eigenvalue weighted by Gasteiger charge is -2.24. The molecule has 0 aromatic carbocycles. The number of sulfone groups is 1. The van der Waals surface area contributed by atoms with Crippen LogP contribution in [0.4, 0.5) is 0 Å². The summed E-state index contributed by atoms with van der Waals surface area (Å²) in [6, 6.07) is 3.17. The van der Waals surface area contributed by atoms with Crippen LogP contribution in [0.1, 0.15) is 25.8 Å². The molecule has 2 heterocycles. The maximum absolute atomic E-state index is 12.3. The molecule has 1 atom stereocenters. The summed E-state index contributed by atoms with van der Waals surface area (Å²) in [7, 11) is -3.08. The third-order valence-electron chi connectivity index (χ3n) is 3.88. The van der Waals surface area contributed by atoms with Crippen molar-refractivity contribution in [2.24, 2.45) is 5.41 Å². The van der Waals surface area contributed by atoms with Crippen LogP contribution in [0.3, 0.4) is 0 Å². The summed E-state index contributed by atoms with van der Waals surface area (Å²) >= 11 is 0. The van der Waals surface area contributed by atoms with Gasteiger partial charge in [-0.2, -0.15) is 0 Å². The van der Waals surface area contributed by atoms with Gasteiger partial charge in [0.2, 0.25) is 11.8 Å². The number of hydrogen-bond acceptors (Lipinski definition) is 5. The zero-order valence-corrected chi connectivity index (χ0v) is 14.0. The van der Waals surface area contributed by atoms with Gasteiger partial charge in [-0.15, -0.1) is 0 Å². The van der Waals surface area contributed by atoms with Crippen LogP contribution in [0.2, 0.25) is 0 Å². The van der Waals surface area contributed by atoms with E-state index in [9.17, 15) is 18.0 Å². The first kappa shape index (κ1) is 17.4. The number of carbonyl (C=O) groups is 2. The molecule has 0 bridgehead atoms. The van der Waals surface area contributed by atoms with Crippen molar-refractivity contribution in [2.45, 2.75) is 32.9 Å². The highest BCUT2D eigenvalue weighted by Crippen LogP contribution is 2.18. The molecule has 0 radical (unpaired) electrons. The van der Waals surface area contributed by atoms with Crippen molar-refractivity contribution in [3.8, 4) is 0 Å². The monoisotopic (exact) mass is 339 g/mol. The van der Waals surface area contributed by atoms with Gasteiger partial charge in [-0.1, -0.05) is 6.07 Å². The van der Waals surface area contributed by atoms with Crippen molar-refractivity contribution < 1.29 is 18.0 Å². The fraction of sp³-hybridized carbons (Fsp3) is 0.533. The summed E-state index contributed by atoms with van der Waals surface area (Å²) < 4.78 is 22.9. The summed E-state index contributed by atoms with van der Waals surface area (Å²) in [5.41, 5.74) is -0.451. The highest BCUT2D eigenvalue weighted by atomic mass is 32.2. The lowest BCUT2D eigenvalue weighted by atomic mass is 9.90. The molecule has 0 aliphatic carbocycles. The Balaban J connectivity index is 1.91. The molecule has 8 heteroatoms. The third kappa shape index (κ3) is 4.51. The van der Waals surface area contributed by atoms with E-state index >= 15 is 0 Å². The number of rotatable bonds is 5. The molecule has 1 aliphatic heterocycles. The zero-order valence-electron chi connectivity index (χ0n) is 13.2. The summed E-state index contributed by atoms with van der Waals surface area (Å²) in [5.74, 6) is -0.875. The Kier molecular flexibility index (Phi) is 5.03. The minimum atomic E-state index is -3.08. The van der Waals surface area contributed by atoms with E-state index < -0.39 is 33.1 Å². The van der Waals surface area contributed by atoms with E-state index in [-0.39, 0.29) is 18.1 Å². The maximum atomic E-state index is 12.3. The highest BCUT2D eigenvalue weighted by Gasteiger charge is 2.38. The van der Waals surface area contributed by atoms with E-state index in [0.29, 0.717) is 6.42 Å². The lowest BCUT2D eigenvalue weighted by Crippen LogP contribution is -2.50. The molecule has 1 unspecified atom stereocenters. The van der Waals surface area contributed by atoms with E-state index in [1.165, 1.54) is 13.8 Å². The van der Waals surface area contributed by atoms with Crippen LogP contribution < -0.4 is 10.6 Å². The van der Waals surface area contributed by atoms with Gasteiger partial charge < -0.3 is 10.6 Å². The Morgan fingerprint density at radius 1 is 1.35 bits per heavy atom. The van der Waals surface area contributed by atoms with Gasteiger partial charge in [0.1, 0.15) is 5.41 Å². The van der Waals surface area contributed by atoms with Crippen LogP contribution in [0.15, 0.2) is 24.5 Å². The fourth-order valence-electron chi connectivity index (χ4n) is 2.28. The summed E-state index contributed by atoms with van der Waals surface area (Å²) in [6.07, 6.45) is 3.66. The maximum Gasteiger partial charge on any atom is 0.235 e. The number of pyridine rings is 1. The SMILES string of the molecule is CC(C)(C(=O)NCc1cccnc1)C(=O)NC1CCS(=O)(=O)C1. The molecule has 1 aliphatic rings. The molecular weight excluding hydrogens is 318 g/mol. The number of amides is 2. The Morgan fingerprint density at radius 2 is 2.09 bits per heavy atom. The normalized spacial score (nSPS) is 20.0. The van der Waals surface area contributed by atoms with Crippen LogP contribution in [-0.2, 0) is 26.0 Å². The van der Waals surface area contributed by atoms with Crippen LogP contribution >= 0.6 is 0 Å². The first-order chi connectivity index (χ1) is 10.7. The predicted molar refractivity (Wildman–Crippen MR) is 85.1 cm³/mol. The van der Waals surface area contributed by atoms with Crippen molar-refractivity contribution in [2.75, 3.05) is 11.5 Å². The third-order valence-corrected chi connectivity index (χ3v) is 5.65. The van der Waals surface area contributed by atoms with Crippen molar-refractivity contribution in [3.63, 3.8) is 0 Å². The molecule has 2 N–H and O–H groups in total. The second-order valence-electron chi connectivity index (χ2n) is 6.24. The van der Waals surface area contributed by atoms with Crippen molar-refractivity contribution >= 4 is 21.7 Å². The van der Waals surface area contributed by atoms with Gasteiger partial charge in [-0.3, -0.25) is 14.6 Å². The quantitative estimate of drug-likeness (QED) is 0.736. The number of carbonyl (C=O) groups excluding carboxylic acids is 2. The van der Waals surface area contributed by atoms with Gasteiger partial charge in [0, 0.05) is 25.0 Å². The van der Waals surface area contributed by atoms with Gasteiger partial charge in [0.25, 0.3) is 0 Å². The van der Waals surface area contributed by atoms with Crippen molar-refractivity contribution in [1.82, 2.24) is 15.6 Å². The summed E-state index contributed by atoms with van der Waals surface area (Å²) in [4.78, 5) is 28.5. The van der Waals surface area contributed by atoms with Gasteiger partial charge in [-0.05, 0) is 31.9 Å². The smallest absolute Gasteiger partial charge is 0.235 e. The predicted octanol–water partition coefficient (Wildman–Crippen LogP) is 0.0273. The van der Waals surface area contributed by atoms with E-state index in [0.717, 1.165) is 5.56 Å². The number of hydrogen-bond donors (Lipinski definition) is 2. The minimum Gasteiger partial charge on any atom is -0.351 e. The summed E-state index contributed by atoms with van der Waals surface area (Å²) in [6.45, 7) is 3.32. The minimum absolute atomic E-state index is 0.0634. The molecular formula is C15H21N3O4S. The second kappa shape index (κ2) is 6.66. The van der Waals surface area contributed by atoms with E-state index in [2.05, 4.69) is 15.6 Å². The van der Waals surface area contributed by atoms with Gasteiger partial charge in [0.05, 0.1) is 11.5 Å². The molecule has 2 amide bonds. The zero-order chi connectivity index (χ0) is 17.1. The first-order valence-corrected chi connectivity index (χ1v) is 9.21. The van der Waals surface area contributed by atoms with Crippen LogP contribution in [0, 0.1) is 5.41 Å². The largest absolute Gasteiger partial charge is 0.351 e. The van der Waals surface area contributed by atoms with Gasteiger partial charge in [0.15, 0.2) is 9.84 Å². The summed E-state index contributed by atoms with van der Waals surface area (Å²) in [5, 5.41) is 5.37. The molecule has 126 valence electrons. The van der Waals surface area contributed by atoms with Crippen molar-refractivity contribution in [3.05, 3.63) is 30.1 Å². The molecule has 7 nitrogen and oxygen atoms in total. The highest BCUT2D eigenvalue weighted by molar-refractivity contribution is 7.91. The van der Waals surface area contributed by atoms with Crippen molar-refractivity contribution in [1.29, 1.82) is 0 Å². The second-order valence-corrected chi connectivity index (χ2v) is 8.47. The number of aromatic nitrogens is 1. The molecule has 0 saturated carbocycles. The number of nitrogens with one attached hydrogen (secondary N) is 2. The van der Waals surface area contributed by atoms with E-state index in [1.807, 2.05) is 6.07 Å². The topological polar surface area (TPSA) is 105 Å². The average Bonchev–Trinajstić information content (AvgIpc) is 2.84. The molecule has 0 spiro atoms. The Bertz CT molecular complexity index is 686. The van der Waals surface area contributed by atoms with Gasteiger partial charge in [-0.25, -0.2) is 8.42 Å². The van der Waals surface area contributed by atoms with E-state index in [4.69, 9.17) is 0 Å². The van der Waals surface area contributed by atoms with Crippen LogP contribution in [0.5, 0.6) is 0 Å². The first-order valence-electron chi connectivity index (χ1n) is 7.39. The van der Waals surface area contributed by atoms with E-state index in [1.54, 1.807) is 18.5 Å². The standard InChI is InChI=1S/C15H21N3O4S/c1-15(2,13(19)17-9-11-4-3-6-16-8-11)14(20)18-12-5-7-23(21,22)10-12/h3-4,6,8,12H,5,7,9-10H2,1-2H3,(H,17,19)(H,18,20). The molecule has 2 rings (SSSR count). The molecule has 23 heavy (non-hydrogen) atoms.